The molecule has 0 radical (unpaired) electrons. The lowest BCUT2D eigenvalue weighted by atomic mass is 10.1. The fourth-order valence-corrected chi connectivity index (χ4v) is 3.52. The molecule has 1 heterocycles. The first-order valence-electron chi connectivity index (χ1n) is 10.2. The van der Waals surface area contributed by atoms with Crippen molar-refractivity contribution in [1.29, 1.82) is 0 Å². The van der Waals surface area contributed by atoms with Crippen LogP contribution in [0.25, 0.3) is 16.7 Å². The highest BCUT2D eigenvalue weighted by molar-refractivity contribution is 5.83. The number of fused-ring (bicyclic) bond motifs is 1. The smallest absolute Gasteiger partial charge is 0.119 e. The summed E-state index contributed by atoms with van der Waals surface area (Å²) in [6.45, 7) is 7.78. The van der Waals surface area contributed by atoms with Crippen LogP contribution in [-0.2, 0) is 13.0 Å². The Balaban J connectivity index is 1.56. The monoisotopic (exact) mass is 385 g/mol. The van der Waals surface area contributed by atoms with Crippen molar-refractivity contribution in [2.24, 2.45) is 0 Å². The molecule has 0 aliphatic heterocycles. The van der Waals surface area contributed by atoms with E-state index in [2.05, 4.69) is 77.2 Å². The second-order valence-electron chi connectivity index (χ2n) is 7.22. The largest absolute Gasteiger partial charge is 0.494 e. The molecule has 148 valence electrons. The number of nitrogens with zero attached hydrogens (tertiary/aromatic N) is 2. The van der Waals surface area contributed by atoms with Crippen LogP contribution in [-0.4, -0.2) is 16.2 Å². The summed E-state index contributed by atoms with van der Waals surface area (Å²) in [4.78, 5) is 4.62. The number of hydrogen-bond donors (Lipinski definition) is 1. The summed E-state index contributed by atoms with van der Waals surface area (Å²) in [7, 11) is 0. The first-order chi connectivity index (χ1) is 14.2. The Morgan fingerprint density at radius 1 is 0.931 bits per heavy atom. The summed E-state index contributed by atoms with van der Waals surface area (Å²) in [5.41, 5.74) is 8.13. The van der Waals surface area contributed by atoms with Crippen LogP contribution in [0.1, 0.15) is 30.5 Å². The maximum Gasteiger partial charge on any atom is 0.119 e. The van der Waals surface area contributed by atoms with E-state index in [0.717, 1.165) is 41.1 Å². The van der Waals surface area contributed by atoms with E-state index < -0.39 is 0 Å². The maximum atomic E-state index is 5.54. The van der Waals surface area contributed by atoms with E-state index in [-0.39, 0.29) is 0 Å². The normalized spacial score (nSPS) is 11.0. The molecule has 0 aliphatic rings. The van der Waals surface area contributed by atoms with E-state index >= 15 is 0 Å². The first kappa shape index (κ1) is 19.1. The van der Waals surface area contributed by atoms with E-state index in [1.807, 2.05) is 25.4 Å². The van der Waals surface area contributed by atoms with Crippen molar-refractivity contribution in [3.05, 3.63) is 83.7 Å². The topological polar surface area (TPSA) is 39.1 Å². The lowest BCUT2D eigenvalue weighted by Crippen LogP contribution is -2.01. The molecule has 0 bridgehead atoms. The van der Waals surface area contributed by atoms with Crippen LogP contribution in [0.15, 0.2) is 67.0 Å². The molecule has 0 aliphatic carbocycles. The van der Waals surface area contributed by atoms with Crippen molar-refractivity contribution in [2.45, 2.75) is 33.7 Å². The number of aromatic nitrogens is 2. The minimum Gasteiger partial charge on any atom is -0.494 e. The van der Waals surface area contributed by atoms with Crippen LogP contribution < -0.4 is 10.1 Å². The number of anilines is 1. The Kier molecular flexibility index (Phi) is 5.52. The molecular formula is C25H27N3O. The third-order valence-electron chi connectivity index (χ3n) is 5.23. The second-order valence-corrected chi connectivity index (χ2v) is 7.22. The number of ether oxygens (including phenoxy) is 1. The summed E-state index contributed by atoms with van der Waals surface area (Å²) in [6, 6.07) is 21.2. The van der Waals surface area contributed by atoms with E-state index in [0.29, 0.717) is 6.61 Å². The number of aryl methyl sites for hydroxylation is 2. The minimum absolute atomic E-state index is 0.672. The van der Waals surface area contributed by atoms with Crippen LogP contribution in [0.4, 0.5) is 5.69 Å². The Labute approximate surface area is 172 Å². The number of rotatable bonds is 7. The molecule has 0 atom stereocenters. The molecule has 0 fully saturated rings. The molecule has 4 rings (SSSR count). The highest BCUT2D eigenvalue weighted by Gasteiger charge is 2.09. The van der Waals surface area contributed by atoms with Crippen molar-refractivity contribution in [1.82, 2.24) is 9.55 Å². The zero-order valence-corrected chi connectivity index (χ0v) is 17.3. The first-order valence-corrected chi connectivity index (χ1v) is 10.2. The van der Waals surface area contributed by atoms with Gasteiger partial charge in [0, 0.05) is 17.9 Å². The van der Waals surface area contributed by atoms with Crippen molar-refractivity contribution >= 4 is 16.7 Å². The van der Waals surface area contributed by atoms with Gasteiger partial charge in [-0.1, -0.05) is 31.2 Å². The van der Waals surface area contributed by atoms with Gasteiger partial charge < -0.3 is 10.1 Å². The SMILES string of the molecule is CCOc1ccc(-n2cnc3cc(NCc4ccc(CC)cc4)c(C)cc32)cc1. The Morgan fingerprint density at radius 3 is 2.34 bits per heavy atom. The van der Waals surface area contributed by atoms with Crippen LogP contribution >= 0.6 is 0 Å². The zero-order chi connectivity index (χ0) is 20.2. The molecule has 0 amide bonds. The molecular weight excluding hydrogens is 358 g/mol. The van der Waals surface area contributed by atoms with Crippen LogP contribution in [0.5, 0.6) is 5.75 Å². The highest BCUT2D eigenvalue weighted by Crippen LogP contribution is 2.26. The molecule has 0 saturated heterocycles. The van der Waals surface area contributed by atoms with E-state index in [1.165, 1.54) is 16.7 Å². The van der Waals surface area contributed by atoms with Gasteiger partial charge in [-0.15, -0.1) is 0 Å². The molecule has 0 spiro atoms. The molecule has 4 nitrogen and oxygen atoms in total. The average Bonchev–Trinajstić information content (AvgIpc) is 3.16. The van der Waals surface area contributed by atoms with Gasteiger partial charge in [0.2, 0.25) is 0 Å². The van der Waals surface area contributed by atoms with Crippen molar-refractivity contribution in [3.8, 4) is 11.4 Å². The quantitative estimate of drug-likeness (QED) is 0.430. The van der Waals surface area contributed by atoms with Gasteiger partial charge in [-0.25, -0.2) is 4.98 Å². The zero-order valence-electron chi connectivity index (χ0n) is 17.3. The Hall–Kier alpha value is -3.27. The van der Waals surface area contributed by atoms with E-state index in [9.17, 15) is 0 Å². The average molecular weight is 386 g/mol. The number of imidazole rings is 1. The van der Waals surface area contributed by atoms with Crippen LogP contribution in [0.3, 0.4) is 0 Å². The van der Waals surface area contributed by atoms with Gasteiger partial charge in [-0.05, 0) is 73.4 Å². The number of benzene rings is 3. The molecule has 3 aromatic carbocycles. The second kappa shape index (κ2) is 8.39. The molecule has 29 heavy (non-hydrogen) atoms. The summed E-state index contributed by atoms with van der Waals surface area (Å²) in [5, 5.41) is 3.56. The van der Waals surface area contributed by atoms with Gasteiger partial charge in [-0.2, -0.15) is 0 Å². The molecule has 4 aromatic rings. The summed E-state index contributed by atoms with van der Waals surface area (Å²) >= 11 is 0. The fourth-order valence-electron chi connectivity index (χ4n) is 3.52. The summed E-state index contributed by atoms with van der Waals surface area (Å²) in [6.07, 6.45) is 2.95. The Bertz CT molecular complexity index is 1100. The van der Waals surface area contributed by atoms with Gasteiger partial charge in [0.1, 0.15) is 12.1 Å². The predicted molar refractivity (Wildman–Crippen MR) is 120 cm³/mol. The van der Waals surface area contributed by atoms with Crippen LogP contribution in [0.2, 0.25) is 0 Å². The Morgan fingerprint density at radius 2 is 1.66 bits per heavy atom. The number of hydrogen-bond acceptors (Lipinski definition) is 3. The summed E-state index contributed by atoms with van der Waals surface area (Å²) in [5.74, 6) is 0.885. The van der Waals surface area contributed by atoms with Gasteiger partial charge in [0.25, 0.3) is 0 Å². The predicted octanol–water partition coefficient (Wildman–Crippen LogP) is 5.91. The lowest BCUT2D eigenvalue weighted by Gasteiger charge is -2.12. The van der Waals surface area contributed by atoms with Crippen molar-refractivity contribution < 1.29 is 4.74 Å². The third-order valence-corrected chi connectivity index (χ3v) is 5.23. The van der Waals surface area contributed by atoms with Crippen molar-refractivity contribution in [2.75, 3.05) is 11.9 Å². The molecule has 1 N–H and O–H groups in total. The molecule has 0 unspecified atom stereocenters. The van der Waals surface area contributed by atoms with Gasteiger partial charge in [0.05, 0.1) is 17.6 Å². The van der Waals surface area contributed by atoms with Gasteiger partial charge >= 0.3 is 0 Å². The summed E-state index contributed by atoms with van der Waals surface area (Å²) < 4.78 is 7.66. The molecule has 1 aromatic heterocycles. The van der Waals surface area contributed by atoms with Gasteiger partial charge in [-0.3, -0.25) is 4.57 Å². The van der Waals surface area contributed by atoms with E-state index in [1.54, 1.807) is 0 Å². The fraction of sp³-hybridized carbons (Fsp3) is 0.240. The van der Waals surface area contributed by atoms with E-state index in [4.69, 9.17) is 4.74 Å². The molecule has 0 saturated carbocycles. The number of nitrogens with one attached hydrogen (secondary N) is 1. The minimum atomic E-state index is 0.672. The van der Waals surface area contributed by atoms with Gasteiger partial charge in [0.15, 0.2) is 0 Å². The maximum absolute atomic E-state index is 5.54. The van der Waals surface area contributed by atoms with Crippen molar-refractivity contribution in [3.63, 3.8) is 0 Å². The third kappa shape index (κ3) is 4.11. The molecule has 4 heteroatoms. The highest BCUT2D eigenvalue weighted by atomic mass is 16.5. The standard InChI is InChI=1S/C25H27N3O/c1-4-19-6-8-20(9-7-19)16-26-23-15-24-25(14-18(23)3)28(17-27-24)21-10-12-22(13-11-21)29-5-2/h6-15,17,26H,4-5,16H2,1-3H3. The lowest BCUT2D eigenvalue weighted by molar-refractivity contribution is 0.340. The van der Waals surface area contributed by atoms with Crippen LogP contribution in [0, 0.1) is 6.92 Å².